The van der Waals surface area contributed by atoms with Crippen LogP contribution >= 0.6 is 0 Å². The van der Waals surface area contributed by atoms with Gasteiger partial charge in [-0.25, -0.2) is 4.79 Å². The first-order valence-corrected chi connectivity index (χ1v) is 5.56. The first kappa shape index (κ1) is 13.0. The standard InChI is InChI=1S/C11H19NO4/c1-6(2)7(3)10(14)12-5-8(13)4-9(12)11(15)16/h6-9,13H,4-5H2,1-3H3,(H,15,16)/t7?,8-,9+/m1/s1. The van der Waals surface area contributed by atoms with Gasteiger partial charge in [0.15, 0.2) is 0 Å². The Morgan fingerprint density at radius 1 is 1.31 bits per heavy atom. The maximum absolute atomic E-state index is 12.0. The summed E-state index contributed by atoms with van der Waals surface area (Å²) in [5, 5.41) is 18.4. The van der Waals surface area contributed by atoms with Crippen molar-refractivity contribution in [2.75, 3.05) is 6.54 Å². The molecule has 0 saturated carbocycles. The van der Waals surface area contributed by atoms with Crippen LogP contribution in [0.5, 0.6) is 0 Å². The molecule has 1 aliphatic rings. The average Bonchev–Trinajstić information content (AvgIpc) is 2.58. The molecule has 5 heteroatoms. The Hall–Kier alpha value is -1.10. The number of nitrogens with zero attached hydrogens (tertiary/aromatic N) is 1. The van der Waals surface area contributed by atoms with Crippen molar-refractivity contribution < 1.29 is 19.8 Å². The first-order chi connectivity index (χ1) is 7.34. The number of aliphatic hydroxyl groups excluding tert-OH is 1. The summed E-state index contributed by atoms with van der Waals surface area (Å²) in [6, 6.07) is -0.872. The number of amides is 1. The average molecular weight is 229 g/mol. The fourth-order valence-corrected chi connectivity index (χ4v) is 1.84. The van der Waals surface area contributed by atoms with E-state index >= 15 is 0 Å². The van der Waals surface area contributed by atoms with Crippen molar-refractivity contribution in [1.29, 1.82) is 0 Å². The molecular formula is C11H19NO4. The lowest BCUT2D eigenvalue weighted by Crippen LogP contribution is -2.44. The number of hydrogen-bond donors (Lipinski definition) is 2. The number of likely N-dealkylation sites (tertiary alicyclic amines) is 1. The summed E-state index contributed by atoms with van der Waals surface area (Å²) in [4.78, 5) is 24.2. The third-order valence-electron chi connectivity index (χ3n) is 3.24. The highest BCUT2D eigenvalue weighted by Gasteiger charge is 2.40. The Morgan fingerprint density at radius 3 is 2.31 bits per heavy atom. The number of carboxylic acid groups (broad SMARTS) is 1. The third-order valence-corrected chi connectivity index (χ3v) is 3.24. The minimum atomic E-state index is -1.04. The van der Waals surface area contributed by atoms with Crippen molar-refractivity contribution in [3.63, 3.8) is 0 Å². The fourth-order valence-electron chi connectivity index (χ4n) is 1.84. The van der Waals surface area contributed by atoms with Crippen molar-refractivity contribution in [2.24, 2.45) is 11.8 Å². The minimum Gasteiger partial charge on any atom is -0.480 e. The maximum Gasteiger partial charge on any atom is 0.326 e. The zero-order valence-corrected chi connectivity index (χ0v) is 9.88. The van der Waals surface area contributed by atoms with E-state index in [1.807, 2.05) is 13.8 Å². The summed E-state index contributed by atoms with van der Waals surface area (Å²) in [6.45, 7) is 5.76. The molecule has 92 valence electrons. The summed E-state index contributed by atoms with van der Waals surface area (Å²) in [5.74, 6) is -1.27. The molecule has 0 aromatic heterocycles. The molecule has 3 atom stereocenters. The van der Waals surface area contributed by atoms with Gasteiger partial charge in [0.05, 0.1) is 6.10 Å². The van der Waals surface area contributed by atoms with Crippen LogP contribution in [0.1, 0.15) is 27.2 Å². The zero-order valence-electron chi connectivity index (χ0n) is 9.88. The number of carbonyl (C=O) groups excluding carboxylic acids is 1. The van der Waals surface area contributed by atoms with Crippen molar-refractivity contribution in [2.45, 2.75) is 39.3 Å². The molecule has 1 rings (SSSR count). The molecule has 0 aliphatic carbocycles. The topological polar surface area (TPSA) is 77.8 Å². The predicted molar refractivity (Wildman–Crippen MR) is 57.8 cm³/mol. The molecule has 0 bridgehead atoms. The van der Waals surface area contributed by atoms with Crippen LogP contribution in [0.3, 0.4) is 0 Å². The van der Waals surface area contributed by atoms with Crippen LogP contribution in [-0.2, 0) is 9.59 Å². The molecule has 0 aromatic carbocycles. The van der Waals surface area contributed by atoms with Gasteiger partial charge in [-0.2, -0.15) is 0 Å². The molecule has 16 heavy (non-hydrogen) atoms. The number of carbonyl (C=O) groups is 2. The van der Waals surface area contributed by atoms with E-state index in [0.717, 1.165) is 0 Å². The molecule has 1 heterocycles. The summed E-state index contributed by atoms with van der Waals surface area (Å²) in [7, 11) is 0. The molecule has 0 radical (unpaired) electrons. The number of aliphatic carboxylic acids is 1. The van der Waals surface area contributed by atoms with Crippen molar-refractivity contribution in [3.05, 3.63) is 0 Å². The van der Waals surface area contributed by atoms with E-state index in [4.69, 9.17) is 5.11 Å². The van der Waals surface area contributed by atoms with Crippen LogP contribution in [0.4, 0.5) is 0 Å². The Balaban J connectivity index is 2.78. The first-order valence-electron chi connectivity index (χ1n) is 5.56. The second kappa shape index (κ2) is 4.82. The maximum atomic E-state index is 12.0. The predicted octanol–water partition coefficient (Wildman–Crippen LogP) is 0.325. The highest BCUT2D eigenvalue weighted by molar-refractivity contribution is 5.85. The zero-order chi connectivity index (χ0) is 12.5. The van der Waals surface area contributed by atoms with Gasteiger partial charge in [-0.15, -0.1) is 0 Å². The Kier molecular flexibility index (Phi) is 3.91. The molecule has 1 fully saturated rings. The van der Waals surface area contributed by atoms with Gasteiger partial charge in [-0.3, -0.25) is 4.79 Å². The van der Waals surface area contributed by atoms with E-state index in [-0.39, 0.29) is 30.7 Å². The quantitative estimate of drug-likeness (QED) is 0.730. The minimum absolute atomic E-state index is 0.131. The fraction of sp³-hybridized carbons (Fsp3) is 0.818. The van der Waals surface area contributed by atoms with E-state index < -0.39 is 18.1 Å². The van der Waals surface area contributed by atoms with Crippen LogP contribution in [0.2, 0.25) is 0 Å². The number of rotatable bonds is 3. The van der Waals surface area contributed by atoms with Crippen molar-refractivity contribution in [3.8, 4) is 0 Å². The lowest BCUT2D eigenvalue weighted by molar-refractivity contribution is -0.150. The van der Waals surface area contributed by atoms with Gasteiger partial charge in [-0.05, 0) is 5.92 Å². The molecular weight excluding hydrogens is 210 g/mol. The molecule has 1 saturated heterocycles. The molecule has 0 aromatic rings. The van der Waals surface area contributed by atoms with E-state index in [2.05, 4.69) is 0 Å². The number of aliphatic hydroxyl groups is 1. The number of hydrogen-bond acceptors (Lipinski definition) is 3. The van der Waals surface area contributed by atoms with Gasteiger partial charge in [-0.1, -0.05) is 20.8 Å². The van der Waals surface area contributed by atoms with Crippen LogP contribution in [-0.4, -0.2) is 45.7 Å². The van der Waals surface area contributed by atoms with E-state index in [1.165, 1.54) is 4.90 Å². The summed E-state index contributed by atoms with van der Waals surface area (Å²) < 4.78 is 0. The highest BCUT2D eigenvalue weighted by atomic mass is 16.4. The normalized spacial score (nSPS) is 27.2. The lowest BCUT2D eigenvalue weighted by atomic mass is 9.96. The molecule has 2 N–H and O–H groups in total. The summed E-state index contributed by atoms with van der Waals surface area (Å²) in [6.07, 6.45) is -0.587. The molecule has 0 spiro atoms. The van der Waals surface area contributed by atoms with Gasteiger partial charge in [0.2, 0.25) is 5.91 Å². The molecule has 1 amide bonds. The van der Waals surface area contributed by atoms with E-state index in [9.17, 15) is 14.7 Å². The van der Waals surface area contributed by atoms with Gasteiger partial charge in [0, 0.05) is 18.9 Å². The van der Waals surface area contributed by atoms with Crippen LogP contribution in [0.25, 0.3) is 0 Å². The highest BCUT2D eigenvalue weighted by Crippen LogP contribution is 2.23. The SMILES string of the molecule is CC(C)C(C)C(=O)N1C[C@H](O)C[C@H]1C(=O)O. The Morgan fingerprint density at radius 2 is 1.88 bits per heavy atom. The van der Waals surface area contributed by atoms with Gasteiger partial charge < -0.3 is 15.1 Å². The summed E-state index contributed by atoms with van der Waals surface area (Å²) >= 11 is 0. The van der Waals surface area contributed by atoms with Gasteiger partial charge >= 0.3 is 5.97 Å². The van der Waals surface area contributed by atoms with Crippen molar-refractivity contribution >= 4 is 11.9 Å². The van der Waals surface area contributed by atoms with Gasteiger partial charge in [0.1, 0.15) is 6.04 Å². The second-order valence-corrected chi connectivity index (χ2v) is 4.77. The van der Waals surface area contributed by atoms with Crippen LogP contribution in [0.15, 0.2) is 0 Å². The van der Waals surface area contributed by atoms with E-state index in [1.54, 1.807) is 6.92 Å². The Labute approximate surface area is 95.1 Å². The number of β-amino-alcohol motifs (C(OH)–C–C–N with tert-alkyl or cyclic N) is 1. The van der Waals surface area contributed by atoms with Crippen LogP contribution in [0, 0.1) is 11.8 Å². The van der Waals surface area contributed by atoms with Gasteiger partial charge in [0.25, 0.3) is 0 Å². The molecule has 1 unspecified atom stereocenters. The summed E-state index contributed by atoms with van der Waals surface area (Å²) in [5.41, 5.74) is 0. The van der Waals surface area contributed by atoms with Crippen LogP contribution < -0.4 is 0 Å². The third kappa shape index (κ3) is 2.52. The van der Waals surface area contributed by atoms with E-state index in [0.29, 0.717) is 0 Å². The lowest BCUT2D eigenvalue weighted by Gasteiger charge is -2.26. The monoisotopic (exact) mass is 229 g/mol. The second-order valence-electron chi connectivity index (χ2n) is 4.77. The number of carboxylic acids is 1. The van der Waals surface area contributed by atoms with Crippen molar-refractivity contribution in [1.82, 2.24) is 4.90 Å². The Bertz CT molecular complexity index is 290. The smallest absolute Gasteiger partial charge is 0.326 e. The molecule has 1 aliphatic heterocycles. The largest absolute Gasteiger partial charge is 0.480 e. The molecule has 5 nitrogen and oxygen atoms in total.